The van der Waals surface area contributed by atoms with Crippen LogP contribution in [0.3, 0.4) is 0 Å². The lowest BCUT2D eigenvalue weighted by atomic mass is 9.88. The third kappa shape index (κ3) is 2.25. The van der Waals surface area contributed by atoms with Crippen molar-refractivity contribution in [2.75, 3.05) is 20.1 Å². The standard InChI is InChI=1S/C13H20N2O/c1-3-11-5-4-6-12(14-11)13(16)7-9-15(2)10-8-13/h4-6,16H,3,7-10H2,1-2H3. The summed E-state index contributed by atoms with van der Waals surface area (Å²) in [6, 6.07) is 5.96. The molecule has 1 saturated heterocycles. The van der Waals surface area contributed by atoms with E-state index in [2.05, 4.69) is 23.9 Å². The first-order chi connectivity index (χ1) is 7.64. The predicted molar refractivity (Wildman–Crippen MR) is 64.2 cm³/mol. The van der Waals surface area contributed by atoms with Crippen molar-refractivity contribution in [3.8, 4) is 0 Å². The van der Waals surface area contributed by atoms with Gasteiger partial charge in [-0.05, 0) is 38.4 Å². The number of piperidine rings is 1. The average Bonchev–Trinajstić information content (AvgIpc) is 2.33. The SMILES string of the molecule is CCc1cccc(C2(O)CCN(C)CC2)n1. The van der Waals surface area contributed by atoms with Crippen LogP contribution in [-0.4, -0.2) is 35.1 Å². The monoisotopic (exact) mass is 220 g/mol. The Bertz CT molecular complexity index is 357. The number of hydrogen-bond donors (Lipinski definition) is 1. The number of aryl methyl sites for hydroxylation is 1. The molecule has 2 rings (SSSR count). The summed E-state index contributed by atoms with van der Waals surface area (Å²) in [5.41, 5.74) is 1.20. The Morgan fingerprint density at radius 3 is 2.69 bits per heavy atom. The summed E-state index contributed by atoms with van der Waals surface area (Å²) in [4.78, 5) is 6.79. The molecule has 0 bridgehead atoms. The Labute approximate surface area is 97.1 Å². The fourth-order valence-corrected chi connectivity index (χ4v) is 2.18. The van der Waals surface area contributed by atoms with E-state index in [9.17, 15) is 5.11 Å². The summed E-state index contributed by atoms with van der Waals surface area (Å²) in [6.45, 7) is 3.97. The van der Waals surface area contributed by atoms with Gasteiger partial charge < -0.3 is 10.0 Å². The van der Waals surface area contributed by atoms with Crippen LogP contribution < -0.4 is 0 Å². The molecule has 0 unspecified atom stereocenters. The third-order valence-corrected chi connectivity index (χ3v) is 3.46. The summed E-state index contributed by atoms with van der Waals surface area (Å²) < 4.78 is 0. The number of pyridine rings is 1. The summed E-state index contributed by atoms with van der Waals surface area (Å²) in [5.74, 6) is 0. The van der Waals surface area contributed by atoms with E-state index in [1.165, 1.54) is 0 Å². The second-order valence-electron chi connectivity index (χ2n) is 4.70. The molecule has 3 heteroatoms. The average molecular weight is 220 g/mol. The fraction of sp³-hybridized carbons (Fsp3) is 0.615. The summed E-state index contributed by atoms with van der Waals surface area (Å²) in [5, 5.41) is 10.6. The van der Waals surface area contributed by atoms with Crippen LogP contribution in [0, 0.1) is 0 Å². The molecule has 0 aromatic carbocycles. The minimum Gasteiger partial charge on any atom is -0.383 e. The lowest BCUT2D eigenvalue weighted by Gasteiger charge is -2.36. The van der Waals surface area contributed by atoms with E-state index in [4.69, 9.17) is 0 Å². The smallest absolute Gasteiger partial charge is 0.109 e. The molecule has 0 amide bonds. The molecule has 1 fully saturated rings. The largest absolute Gasteiger partial charge is 0.383 e. The molecule has 3 nitrogen and oxygen atoms in total. The number of nitrogens with zero attached hydrogens (tertiary/aromatic N) is 2. The summed E-state index contributed by atoms with van der Waals surface area (Å²) in [7, 11) is 2.09. The van der Waals surface area contributed by atoms with Crippen molar-refractivity contribution in [1.82, 2.24) is 9.88 Å². The zero-order chi connectivity index (χ0) is 11.6. The molecule has 0 atom stereocenters. The third-order valence-electron chi connectivity index (χ3n) is 3.46. The van der Waals surface area contributed by atoms with Gasteiger partial charge in [0.2, 0.25) is 0 Å². The van der Waals surface area contributed by atoms with Gasteiger partial charge in [0.15, 0.2) is 0 Å². The van der Waals surface area contributed by atoms with Gasteiger partial charge in [-0.2, -0.15) is 0 Å². The van der Waals surface area contributed by atoms with E-state index in [0.29, 0.717) is 0 Å². The van der Waals surface area contributed by atoms with E-state index in [-0.39, 0.29) is 0 Å². The lowest BCUT2D eigenvalue weighted by molar-refractivity contribution is -0.0239. The summed E-state index contributed by atoms with van der Waals surface area (Å²) >= 11 is 0. The number of hydrogen-bond acceptors (Lipinski definition) is 3. The van der Waals surface area contributed by atoms with Crippen molar-refractivity contribution in [1.29, 1.82) is 0 Å². The van der Waals surface area contributed by atoms with Crippen molar-refractivity contribution < 1.29 is 5.11 Å². The van der Waals surface area contributed by atoms with Gasteiger partial charge in [-0.15, -0.1) is 0 Å². The van der Waals surface area contributed by atoms with Gasteiger partial charge in [-0.1, -0.05) is 13.0 Å². The van der Waals surface area contributed by atoms with Crippen LogP contribution in [-0.2, 0) is 12.0 Å². The van der Waals surface area contributed by atoms with Crippen LogP contribution in [0.5, 0.6) is 0 Å². The molecule has 1 aliphatic heterocycles. The zero-order valence-corrected chi connectivity index (χ0v) is 10.1. The van der Waals surface area contributed by atoms with Gasteiger partial charge in [0.25, 0.3) is 0 Å². The highest BCUT2D eigenvalue weighted by Crippen LogP contribution is 2.31. The van der Waals surface area contributed by atoms with Gasteiger partial charge in [0.05, 0.1) is 5.69 Å². The maximum absolute atomic E-state index is 10.6. The van der Waals surface area contributed by atoms with Crippen molar-refractivity contribution in [3.63, 3.8) is 0 Å². The van der Waals surface area contributed by atoms with Crippen molar-refractivity contribution >= 4 is 0 Å². The molecule has 1 N–H and O–H groups in total. The van der Waals surface area contributed by atoms with E-state index in [1.54, 1.807) is 0 Å². The number of aromatic nitrogens is 1. The van der Waals surface area contributed by atoms with Crippen molar-refractivity contribution in [2.45, 2.75) is 31.8 Å². The maximum Gasteiger partial charge on any atom is 0.109 e. The topological polar surface area (TPSA) is 36.4 Å². The Balaban J connectivity index is 2.21. The molecule has 0 aliphatic carbocycles. The molecule has 0 spiro atoms. The maximum atomic E-state index is 10.6. The van der Waals surface area contributed by atoms with Crippen molar-refractivity contribution in [3.05, 3.63) is 29.6 Å². The highest BCUT2D eigenvalue weighted by Gasteiger charge is 2.34. The second kappa shape index (κ2) is 4.52. The van der Waals surface area contributed by atoms with Crippen LogP contribution in [0.15, 0.2) is 18.2 Å². The van der Waals surface area contributed by atoms with Gasteiger partial charge in [0.1, 0.15) is 5.60 Å². The molecule has 1 aromatic heterocycles. The predicted octanol–water partition coefficient (Wildman–Crippen LogP) is 1.56. The van der Waals surface area contributed by atoms with Gasteiger partial charge >= 0.3 is 0 Å². The molecular weight excluding hydrogens is 200 g/mol. The first-order valence-electron chi connectivity index (χ1n) is 6.01. The normalized spacial score (nSPS) is 20.9. The van der Waals surface area contributed by atoms with E-state index in [0.717, 1.165) is 43.7 Å². The molecule has 0 radical (unpaired) electrons. The highest BCUT2D eigenvalue weighted by atomic mass is 16.3. The molecule has 2 heterocycles. The zero-order valence-electron chi connectivity index (χ0n) is 10.1. The van der Waals surface area contributed by atoms with Crippen LogP contribution in [0.2, 0.25) is 0 Å². The quantitative estimate of drug-likeness (QED) is 0.821. The van der Waals surface area contributed by atoms with E-state index >= 15 is 0 Å². The van der Waals surface area contributed by atoms with Crippen LogP contribution in [0.25, 0.3) is 0 Å². The second-order valence-corrected chi connectivity index (χ2v) is 4.70. The highest BCUT2D eigenvalue weighted by molar-refractivity contribution is 5.18. The van der Waals surface area contributed by atoms with Crippen molar-refractivity contribution in [2.24, 2.45) is 0 Å². The Kier molecular flexibility index (Phi) is 3.26. The van der Waals surface area contributed by atoms with Crippen LogP contribution in [0.1, 0.15) is 31.2 Å². The first-order valence-corrected chi connectivity index (χ1v) is 6.01. The molecule has 0 saturated carbocycles. The van der Waals surface area contributed by atoms with Gasteiger partial charge in [0, 0.05) is 18.8 Å². The molecular formula is C13H20N2O. The summed E-state index contributed by atoms with van der Waals surface area (Å²) in [6.07, 6.45) is 2.48. The number of likely N-dealkylation sites (tertiary alicyclic amines) is 1. The van der Waals surface area contributed by atoms with Crippen LogP contribution in [0.4, 0.5) is 0 Å². The molecule has 16 heavy (non-hydrogen) atoms. The van der Waals surface area contributed by atoms with Gasteiger partial charge in [-0.3, -0.25) is 4.98 Å². The molecule has 88 valence electrons. The first kappa shape index (κ1) is 11.6. The van der Waals surface area contributed by atoms with Gasteiger partial charge in [-0.25, -0.2) is 0 Å². The molecule has 1 aliphatic rings. The lowest BCUT2D eigenvalue weighted by Crippen LogP contribution is -2.41. The Morgan fingerprint density at radius 1 is 1.38 bits per heavy atom. The number of rotatable bonds is 2. The Hall–Kier alpha value is -0.930. The molecule has 1 aromatic rings. The fourth-order valence-electron chi connectivity index (χ4n) is 2.18. The minimum absolute atomic E-state index is 0.711. The van der Waals surface area contributed by atoms with Crippen LogP contribution >= 0.6 is 0 Å². The Morgan fingerprint density at radius 2 is 2.06 bits per heavy atom. The number of aliphatic hydroxyl groups is 1. The van der Waals surface area contributed by atoms with E-state index in [1.807, 2.05) is 18.2 Å². The minimum atomic E-state index is -0.711. The van der Waals surface area contributed by atoms with E-state index < -0.39 is 5.60 Å².